The minimum Gasteiger partial charge on any atom is -0.135 e. The van der Waals surface area contributed by atoms with Gasteiger partial charge in [-0.15, -0.1) is 11.3 Å². The zero-order chi connectivity index (χ0) is 119. The Morgan fingerprint density at radius 3 is 1.13 bits per heavy atom. The molecule has 1 heteroatoms. The number of thiophene rings is 1. The van der Waals surface area contributed by atoms with E-state index in [0.29, 0.717) is 0 Å². The third-order valence-corrected chi connectivity index (χ3v) is 21.7. The van der Waals surface area contributed by atoms with Crippen molar-refractivity contribution < 1.29 is 65.8 Å². The van der Waals surface area contributed by atoms with Crippen molar-refractivity contribution in [2.45, 2.75) is 0 Å². The van der Waals surface area contributed by atoms with Crippen molar-refractivity contribution in [3.63, 3.8) is 0 Å². The second-order valence-corrected chi connectivity index (χ2v) is 28.1. The molecule has 0 spiro atoms. The summed E-state index contributed by atoms with van der Waals surface area (Å²) in [5.41, 5.74) is 0.502. The normalized spacial score (nSPS) is 17.3. The molecule has 23 aromatic carbocycles. The molecule has 0 radical (unpaired) electrons. The molecule has 0 aliphatic rings. The van der Waals surface area contributed by atoms with Crippen LogP contribution < -0.4 is 0 Å². The summed E-state index contributed by atoms with van der Waals surface area (Å²) in [4.78, 5) is 0. The number of rotatable bonds is 8. The van der Waals surface area contributed by atoms with Gasteiger partial charge in [-0.2, -0.15) is 0 Å². The minimum atomic E-state index is -1.07. The zero-order valence-electron chi connectivity index (χ0n) is 108. The van der Waals surface area contributed by atoms with E-state index in [1.54, 1.807) is 0 Å². The Hall–Kier alpha value is -14.9. The fourth-order valence-electron chi connectivity index (χ4n) is 15.6. The van der Waals surface area contributed by atoms with E-state index in [2.05, 4.69) is 158 Å². The molecule has 1 aromatic heterocycles. The summed E-state index contributed by atoms with van der Waals surface area (Å²) in [5.74, 6) is 0. The average molecular weight is 1550 g/mol. The van der Waals surface area contributed by atoms with Gasteiger partial charge in [0.2, 0.25) is 0 Å². The first-order valence-corrected chi connectivity index (χ1v) is 37.3. The first-order chi connectivity index (χ1) is 78.0. The van der Waals surface area contributed by atoms with Crippen LogP contribution in [0.4, 0.5) is 0 Å². The smallest absolute Gasteiger partial charge is 0.0636 e. The summed E-state index contributed by atoms with van der Waals surface area (Å²) in [7, 11) is 0. The third kappa shape index (κ3) is 12.1. The molecule has 24 rings (SSSR count). The van der Waals surface area contributed by atoms with Gasteiger partial charge in [0.25, 0.3) is 0 Å². The third-order valence-electron chi connectivity index (χ3n) is 20.6. The fourth-order valence-corrected chi connectivity index (χ4v) is 16.7. The van der Waals surface area contributed by atoms with Crippen LogP contribution in [0.2, 0.25) is 0 Å². The van der Waals surface area contributed by atoms with Crippen LogP contribution in [0.3, 0.4) is 0 Å². The van der Waals surface area contributed by atoms with Crippen LogP contribution in [0.25, 0.3) is 228 Å². The topological polar surface area (TPSA) is 0 Å². The lowest BCUT2D eigenvalue weighted by Gasteiger charge is -2.19. The number of hydrogen-bond acceptors (Lipinski definition) is 1. The summed E-state index contributed by atoms with van der Waals surface area (Å²) >= 11 is 1.88. The van der Waals surface area contributed by atoms with Gasteiger partial charge in [-0.05, 0) is 244 Å². The largest absolute Gasteiger partial charge is 0.135 e. The molecule has 0 saturated heterocycles. The molecule has 0 atom stereocenters. The molecule has 0 fully saturated rings. The van der Waals surface area contributed by atoms with Gasteiger partial charge in [0, 0.05) is 20.2 Å². The van der Waals surface area contributed by atoms with Gasteiger partial charge in [0.15, 0.2) is 0 Å². The summed E-state index contributed by atoms with van der Waals surface area (Å²) in [6.07, 6.45) is 0. The molecular formula is C116H74S. The predicted molar refractivity (Wildman–Crippen MR) is 508 cm³/mol. The van der Waals surface area contributed by atoms with Crippen LogP contribution in [0.5, 0.6) is 0 Å². The predicted octanol–water partition coefficient (Wildman–Crippen LogP) is 33.4. The lowest BCUT2D eigenvalue weighted by molar-refractivity contribution is 1.63. The molecule has 117 heavy (non-hydrogen) atoms. The molecule has 0 saturated carbocycles. The van der Waals surface area contributed by atoms with Gasteiger partial charge < -0.3 is 0 Å². The highest BCUT2D eigenvalue weighted by atomic mass is 32.1. The summed E-state index contributed by atoms with van der Waals surface area (Å²) in [6, 6.07) is 15.1. The Bertz CT molecular complexity index is 11000. The van der Waals surface area contributed by atoms with Crippen molar-refractivity contribution in [1.29, 1.82) is 0 Å². The van der Waals surface area contributed by atoms with Crippen molar-refractivity contribution in [3.05, 3.63) is 448 Å². The molecule has 0 amide bonds. The van der Waals surface area contributed by atoms with E-state index in [-0.39, 0.29) is 0 Å². The lowest BCUT2D eigenvalue weighted by Crippen LogP contribution is -1.92. The molecule has 544 valence electrons. The Labute approximate surface area is 750 Å². The Balaban J connectivity index is 0.000000139. The maximum atomic E-state index is 9.43. The van der Waals surface area contributed by atoms with Crippen LogP contribution in [0.15, 0.2) is 448 Å². The zero-order valence-corrected chi connectivity index (χ0v) is 61.2. The van der Waals surface area contributed by atoms with Crippen molar-refractivity contribution >= 4 is 150 Å². The molecule has 0 N–H and O–H groups in total. The molecular weight excluding hydrogens is 1430 g/mol. The summed E-state index contributed by atoms with van der Waals surface area (Å²) in [5, 5.41) is 0.322. The number of benzene rings is 23. The first-order valence-electron chi connectivity index (χ1n) is 60.5. The quantitative estimate of drug-likeness (QED) is 0.133. The monoisotopic (exact) mass is 1550 g/mol. The van der Waals surface area contributed by atoms with E-state index in [1.807, 2.05) is 11.3 Å². The SMILES string of the molecule is [2H]c1c([2H])c(-c2c3c([2H])c([2H])c([2H])c([2H])c3c(-c3c([2H])c([2H])c([2H])c4c([2H])c([2H])c([2H])c([2H])c34)c3c([2H])c([2H])c([2H])c([2H])c23)c([2H])c([2H])c1-c1c([2H])c([2H])c2c([2H])c([2H])c([2H])c([2H])c2c1[2H].[2H]c1c([2H])c([2H])c2c([2H])c(-c3c4c([2H])c([2H])c([2H])c([2H])c4c(-c4c([2H])c([2H])c([2H])c5c([2H])c([2H])c([2H])c([2H])c45)c4c([2H])c([2H])c([2H])c([2H])c34)c([2H])c([2H])c2c1[2H].c1ccc(-c2c3ccccc3c(-c3ccc4ccccc4c3)c3cc(-c4cccc5sc6ccccc6c45)ccc23)cc1. The standard InChI is InChI=1S/C42H26S.C40H26.C34H22/c1-2-12-28(13-3-1)40-33-15-6-7-16-34(33)41(31-22-21-27-11-4-5-14-29(27)25-31)37-26-30(23-24-35(37)40)32-18-10-20-39-42(32)36-17-8-9-19-38(36)43-39;1-2-12-31-26-32(25-22-27(31)10-1)28-20-23-30(24-21-28)39-35-15-5-7-17-37(35)40(38-18-8-6-16-36(38)39)34-19-9-13-29-11-3-4-14-33(29)34;1-2-12-25-22-26(21-20-23(25)10-1)33-29-15-5-7-17-31(29)34(32-18-8-6-16-30(32)33)28-19-9-13-24-11-3-4-14-27(24)28/h1-26H;1-26H;1-22H/i;1D,2D,3D,4D,5D,6D,7D,8D,9D,10D,11D,12D,13D,14D,15D,16D,17D,18D,19D,20D,21D,22D,23D,24D,25D,26D;1D,2D,3D,4D,5D,6D,7D,8D,9D,10D,11D,12D,13D,14D,15D,16D,17D,18D,19D,20D,21D,22D. The highest BCUT2D eigenvalue weighted by molar-refractivity contribution is 7.26. The van der Waals surface area contributed by atoms with E-state index in [4.69, 9.17) is 46.6 Å². The Morgan fingerprint density at radius 2 is 0.556 bits per heavy atom. The molecule has 0 aliphatic carbocycles. The molecule has 24 aromatic rings. The van der Waals surface area contributed by atoms with Crippen LogP contribution >= 0.6 is 11.3 Å². The average Bonchev–Trinajstić information content (AvgIpc) is 1.00. The Kier molecular flexibility index (Phi) is 8.93. The molecule has 0 nitrogen and oxygen atoms in total. The second-order valence-electron chi connectivity index (χ2n) is 27.0. The van der Waals surface area contributed by atoms with Gasteiger partial charge in [-0.25, -0.2) is 0 Å². The molecule has 0 bridgehead atoms. The minimum absolute atomic E-state index is 0.526. The van der Waals surface area contributed by atoms with E-state index >= 15 is 0 Å². The van der Waals surface area contributed by atoms with Crippen molar-refractivity contribution in [1.82, 2.24) is 0 Å². The van der Waals surface area contributed by atoms with E-state index in [9.17, 15) is 19.2 Å². The maximum absolute atomic E-state index is 9.43. The Morgan fingerprint density at radius 1 is 0.162 bits per heavy atom. The van der Waals surface area contributed by atoms with Crippen LogP contribution in [-0.4, -0.2) is 0 Å². The highest BCUT2D eigenvalue weighted by Gasteiger charge is 2.23. The van der Waals surface area contributed by atoms with Gasteiger partial charge in [0.1, 0.15) is 0 Å². The van der Waals surface area contributed by atoms with Crippen LogP contribution in [0, 0.1) is 0 Å². The van der Waals surface area contributed by atoms with E-state index in [1.165, 1.54) is 85.9 Å². The number of fused-ring (bicyclic) bond motifs is 14. The summed E-state index contributed by atoms with van der Waals surface area (Å²) < 4.78 is 426. The van der Waals surface area contributed by atoms with Crippen LogP contribution in [0.1, 0.15) is 65.8 Å². The van der Waals surface area contributed by atoms with Crippen molar-refractivity contribution in [3.8, 4) is 89.0 Å². The van der Waals surface area contributed by atoms with Gasteiger partial charge in [-0.1, -0.05) is 411 Å². The lowest BCUT2D eigenvalue weighted by atomic mass is 9.84. The summed E-state index contributed by atoms with van der Waals surface area (Å²) in [6.45, 7) is 0. The van der Waals surface area contributed by atoms with Crippen molar-refractivity contribution in [2.75, 3.05) is 0 Å². The van der Waals surface area contributed by atoms with Crippen molar-refractivity contribution in [2.24, 2.45) is 0 Å². The van der Waals surface area contributed by atoms with Gasteiger partial charge in [-0.3, -0.25) is 0 Å². The maximum Gasteiger partial charge on any atom is 0.0636 e. The van der Waals surface area contributed by atoms with E-state index < -0.39 is 432 Å². The number of hydrogen-bond donors (Lipinski definition) is 0. The van der Waals surface area contributed by atoms with Gasteiger partial charge in [0.05, 0.1) is 65.8 Å². The first kappa shape index (κ1) is 35.7. The molecule has 0 aliphatic heterocycles. The highest BCUT2D eigenvalue weighted by Crippen LogP contribution is 2.51. The molecule has 0 unspecified atom stereocenters. The van der Waals surface area contributed by atoms with Gasteiger partial charge >= 0.3 is 0 Å². The second kappa shape index (κ2) is 29.3. The van der Waals surface area contributed by atoms with Crippen LogP contribution in [-0.2, 0) is 0 Å². The fraction of sp³-hybridized carbons (Fsp3) is 0. The van der Waals surface area contributed by atoms with E-state index in [0.717, 1.165) is 0 Å². The molecule has 1 heterocycles.